The molecule has 5 nitrogen and oxygen atoms in total. The Labute approximate surface area is 140 Å². The van der Waals surface area contributed by atoms with Crippen LogP contribution in [0.25, 0.3) is 0 Å². The van der Waals surface area contributed by atoms with E-state index in [0.717, 1.165) is 12.1 Å². The van der Waals surface area contributed by atoms with Gasteiger partial charge in [-0.25, -0.2) is 8.78 Å². The van der Waals surface area contributed by atoms with E-state index < -0.39 is 28.6 Å². The van der Waals surface area contributed by atoms with Crippen molar-refractivity contribution >= 4 is 17.3 Å². The lowest BCUT2D eigenvalue weighted by Gasteiger charge is -2.42. The zero-order valence-electron chi connectivity index (χ0n) is 14.0. The second kappa shape index (κ2) is 6.55. The molecule has 1 saturated heterocycles. The smallest absolute Gasteiger partial charge is 0.303 e. The molecule has 1 fully saturated rings. The first kappa shape index (κ1) is 18.4. The summed E-state index contributed by atoms with van der Waals surface area (Å²) in [6.07, 6.45) is 0.922. The number of hydrogen-bond acceptors (Lipinski definition) is 4. The molecule has 0 atom stereocenters. The summed E-state index contributed by atoms with van der Waals surface area (Å²) in [7, 11) is 0. The number of carboxylic acid groups (broad SMARTS) is 1. The Hall–Kier alpha value is -1.89. The number of halogens is 2. The van der Waals surface area contributed by atoms with Crippen molar-refractivity contribution in [2.24, 2.45) is 5.41 Å². The van der Waals surface area contributed by atoms with Gasteiger partial charge in [0.15, 0.2) is 11.6 Å². The molecule has 2 rings (SSSR count). The van der Waals surface area contributed by atoms with Crippen LogP contribution in [0.15, 0.2) is 12.1 Å². The molecule has 0 aromatic heterocycles. The van der Waals surface area contributed by atoms with Crippen LogP contribution in [-0.2, 0) is 4.79 Å². The third-order valence-electron chi connectivity index (χ3n) is 4.49. The summed E-state index contributed by atoms with van der Waals surface area (Å²) in [5, 5.41) is 19.7. The van der Waals surface area contributed by atoms with Gasteiger partial charge in [0.25, 0.3) is 0 Å². The molecule has 0 bridgehead atoms. The maximum atomic E-state index is 14.0. The van der Waals surface area contributed by atoms with Crippen LogP contribution in [0, 0.1) is 17.0 Å². The number of anilines is 2. The fourth-order valence-electron chi connectivity index (χ4n) is 3.57. The number of hydrogen-bond donors (Lipinski definition) is 3. The van der Waals surface area contributed by atoms with Crippen molar-refractivity contribution in [2.75, 3.05) is 23.7 Å². The van der Waals surface area contributed by atoms with Gasteiger partial charge < -0.3 is 20.8 Å². The van der Waals surface area contributed by atoms with Crippen molar-refractivity contribution in [1.82, 2.24) is 0 Å². The molecule has 0 aliphatic carbocycles. The van der Waals surface area contributed by atoms with Crippen molar-refractivity contribution in [2.45, 2.75) is 45.1 Å². The monoisotopic (exact) mass is 342 g/mol. The molecule has 134 valence electrons. The molecule has 1 aliphatic heterocycles. The van der Waals surface area contributed by atoms with Crippen molar-refractivity contribution < 1.29 is 23.8 Å². The van der Waals surface area contributed by atoms with E-state index in [9.17, 15) is 18.7 Å². The molecule has 0 spiro atoms. The van der Waals surface area contributed by atoms with Gasteiger partial charge in [-0.2, -0.15) is 0 Å². The minimum absolute atomic E-state index is 0.0256. The van der Waals surface area contributed by atoms with Crippen molar-refractivity contribution in [1.29, 1.82) is 0 Å². The number of aliphatic carboxylic acids is 1. The van der Waals surface area contributed by atoms with E-state index in [4.69, 9.17) is 10.8 Å². The number of carboxylic acids is 1. The standard InChI is InChI=1S/C17H24F2N2O3/c1-16(2,9-14(22)23)10-17(24)3-5-21(6-4-17)15-12(18)7-11(20)8-13(15)19/h7-8,24H,3-6,9-10,20H2,1-2H3,(H,22,23). The Bertz CT molecular complexity index is 603. The molecule has 0 saturated carbocycles. The summed E-state index contributed by atoms with van der Waals surface area (Å²) in [5.41, 5.74) is 3.73. The van der Waals surface area contributed by atoms with Gasteiger partial charge in [-0.15, -0.1) is 0 Å². The third kappa shape index (κ3) is 4.35. The van der Waals surface area contributed by atoms with Gasteiger partial charge >= 0.3 is 5.97 Å². The average molecular weight is 342 g/mol. The van der Waals surface area contributed by atoms with Gasteiger partial charge in [0.2, 0.25) is 0 Å². The van der Waals surface area contributed by atoms with Crippen LogP contribution in [0.2, 0.25) is 0 Å². The highest BCUT2D eigenvalue weighted by Crippen LogP contribution is 2.39. The van der Waals surface area contributed by atoms with Gasteiger partial charge in [0.1, 0.15) is 5.69 Å². The first-order chi connectivity index (χ1) is 11.0. The number of carbonyl (C=O) groups is 1. The topological polar surface area (TPSA) is 86.8 Å². The van der Waals surface area contributed by atoms with Crippen molar-refractivity contribution in [3.05, 3.63) is 23.8 Å². The second-order valence-electron chi connectivity index (χ2n) is 7.46. The summed E-state index contributed by atoms with van der Waals surface area (Å²) >= 11 is 0. The quantitative estimate of drug-likeness (QED) is 0.716. The molecule has 0 amide bonds. The molecular formula is C17H24F2N2O3. The van der Waals surface area contributed by atoms with E-state index in [-0.39, 0.29) is 30.9 Å². The second-order valence-corrected chi connectivity index (χ2v) is 7.46. The van der Waals surface area contributed by atoms with Gasteiger partial charge in [-0.1, -0.05) is 13.8 Å². The molecule has 1 heterocycles. The first-order valence-corrected chi connectivity index (χ1v) is 7.95. The number of rotatable bonds is 5. The Kier molecular flexibility index (Phi) is 5.03. The molecule has 24 heavy (non-hydrogen) atoms. The molecule has 1 aliphatic rings. The Balaban J connectivity index is 2.07. The van der Waals surface area contributed by atoms with E-state index in [1.165, 1.54) is 0 Å². The van der Waals surface area contributed by atoms with E-state index >= 15 is 0 Å². The van der Waals surface area contributed by atoms with Crippen LogP contribution in [0.5, 0.6) is 0 Å². The van der Waals surface area contributed by atoms with E-state index in [1.54, 1.807) is 18.7 Å². The van der Waals surface area contributed by atoms with Crippen LogP contribution in [0.3, 0.4) is 0 Å². The number of nitrogen functional groups attached to an aromatic ring is 1. The number of benzene rings is 1. The maximum absolute atomic E-state index is 14.0. The minimum atomic E-state index is -1.03. The zero-order chi connectivity index (χ0) is 18.1. The van der Waals surface area contributed by atoms with Crippen LogP contribution < -0.4 is 10.6 Å². The highest BCUT2D eigenvalue weighted by atomic mass is 19.1. The Morgan fingerprint density at radius 2 is 1.79 bits per heavy atom. The normalized spacial score (nSPS) is 17.8. The van der Waals surface area contributed by atoms with Crippen LogP contribution >= 0.6 is 0 Å². The van der Waals surface area contributed by atoms with Crippen LogP contribution in [0.4, 0.5) is 20.2 Å². The maximum Gasteiger partial charge on any atom is 0.303 e. The fourth-order valence-corrected chi connectivity index (χ4v) is 3.57. The molecular weight excluding hydrogens is 318 g/mol. The number of nitrogens with two attached hydrogens (primary N) is 1. The van der Waals surface area contributed by atoms with E-state index in [2.05, 4.69) is 0 Å². The van der Waals surface area contributed by atoms with Gasteiger partial charge in [-0.05, 0) is 36.8 Å². The van der Waals surface area contributed by atoms with Gasteiger partial charge in [0.05, 0.1) is 12.0 Å². The van der Waals surface area contributed by atoms with E-state index in [0.29, 0.717) is 19.3 Å². The molecule has 1 aromatic carbocycles. The highest BCUT2D eigenvalue weighted by Gasteiger charge is 2.39. The average Bonchev–Trinajstić information content (AvgIpc) is 2.37. The van der Waals surface area contributed by atoms with Crippen LogP contribution in [-0.4, -0.2) is 34.9 Å². The summed E-state index contributed by atoms with van der Waals surface area (Å²) < 4.78 is 28.0. The SMILES string of the molecule is CC(C)(CC(=O)O)CC1(O)CCN(c2c(F)cc(N)cc2F)CC1. The lowest BCUT2D eigenvalue weighted by Crippen LogP contribution is -2.47. The fraction of sp³-hybridized carbons (Fsp3) is 0.588. The Morgan fingerprint density at radius 1 is 1.29 bits per heavy atom. The summed E-state index contributed by atoms with van der Waals surface area (Å²) in [4.78, 5) is 12.5. The lowest BCUT2D eigenvalue weighted by atomic mass is 9.74. The summed E-state index contributed by atoms with van der Waals surface area (Å²) in [6, 6.07) is 2.16. The van der Waals surface area contributed by atoms with Crippen molar-refractivity contribution in [3.63, 3.8) is 0 Å². The van der Waals surface area contributed by atoms with Crippen molar-refractivity contribution in [3.8, 4) is 0 Å². The molecule has 4 N–H and O–H groups in total. The largest absolute Gasteiger partial charge is 0.481 e. The van der Waals surface area contributed by atoms with Crippen LogP contribution in [0.1, 0.15) is 39.5 Å². The Morgan fingerprint density at radius 3 is 2.25 bits per heavy atom. The number of piperidine rings is 1. The minimum Gasteiger partial charge on any atom is -0.481 e. The molecule has 7 heteroatoms. The zero-order valence-corrected chi connectivity index (χ0v) is 14.0. The summed E-state index contributed by atoms with van der Waals surface area (Å²) in [6.45, 7) is 4.17. The molecule has 1 aromatic rings. The highest BCUT2D eigenvalue weighted by molar-refractivity contribution is 5.67. The molecule has 0 radical (unpaired) electrons. The van der Waals surface area contributed by atoms with Gasteiger partial charge in [-0.3, -0.25) is 4.79 Å². The lowest BCUT2D eigenvalue weighted by molar-refractivity contribution is -0.140. The predicted octanol–water partition coefficient (Wildman–Crippen LogP) is 2.77. The van der Waals surface area contributed by atoms with Gasteiger partial charge in [0, 0.05) is 18.8 Å². The third-order valence-corrected chi connectivity index (χ3v) is 4.49. The number of nitrogens with zero attached hydrogens (tertiary/aromatic N) is 1. The predicted molar refractivity (Wildman–Crippen MR) is 87.8 cm³/mol. The summed E-state index contributed by atoms with van der Waals surface area (Å²) in [5.74, 6) is -2.35. The first-order valence-electron chi connectivity index (χ1n) is 7.95. The van der Waals surface area contributed by atoms with E-state index in [1.807, 2.05) is 0 Å². The number of aliphatic hydroxyl groups is 1. The molecule has 0 unspecified atom stereocenters.